The lowest BCUT2D eigenvalue weighted by Gasteiger charge is -2.25. The molecule has 0 aliphatic rings. The molecule has 2 heteroatoms. The summed E-state index contributed by atoms with van der Waals surface area (Å²) in [4.78, 5) is 2.43. The van der Waals surface area contributed by atoms with E-state index in [0.717, 1.165) is 18.7 Å². The van der Waals surface area contributed by atoms with Gasteiger partial charge < -0.3 is 10.0 Å². The molecule has 3 aromatic carbocycles. The zero-order chi connectivity index (χ0) is 18.4. The minimum Gasteiger partial charge on any atom is -0.387 e. The molecule has 3 rings (SSSR count). The van der Waals surface area contributed by atoms with Gasteiger partial charge in [-0.1, -0.05) is 81.3 Å². The predicted molar refractivity (Wildman–Crippen MR) is 113 cm³/mol. The summed E-state index contributed by atoms with van der Waals surface area (Å²) >= 11 is 0. The van der Waals surface area contributed by atoms with Crippen LogP contribution in [-0.4, -0.2) is 29.6 Å². The Morgan fingerprint density at radius 2 is 1.46 bits per heavy atom. The smallest absolute Gasteiger partial charge is 0.0922 e. The van der Waals surface area contributed by atoms with E-state index < -0.39 is 6.10 Å². The maximum atomic E-state index is 11.0. The average Bonchev–Trinajstić information content (AvgIpc) is 2.69. The lowest BCUT2D eigenvalue weighted by molar-refractivity contribution is 0.112. The second kappa shape index (κ2) is 9.16. The van der Waals surface area contributed by atoms with E-state index in [1.807, 2.05) is 0 Å². The van der Waals surface area contributed by atoms with E-state index in [-0.39, 0.29) is 0 Å². The molecule has 3 aromatic rings. The van der Waals surface area contributed by atoms with E-state index in [9.17, 15) is 5.11 Å². The summed E-state index contributed by atoms with van der Waals surface area (Å²) in [5.41, 5.74) is 1.05. The summed E-state index contributed by atoms with van der Waals surface area (Å²) in [5.74, 6) is 0. The van der Waals surface area contributed by atoms with Gasteiger partial charge in [0.25, 0.3) is 0 Å². The van der Waals surface area contributed by atoms with Gasteiger partial charge in [-0.25, -0.2) is 0 Å². The first-order valence-electron chi connectivity index (χ1n) is 10.1. The highest BCUT2D eigenvalue weighted by molar-refractivity contribution is 6.08. The van der Waals surface area contributed by atoms with Crippen molar-refractivity contribution in [2.75, 3.05) is 19.6 Å². The highest BCUT2D eigenvalue weighted by atomic mass is 16.3. The largest absolute Gasteiger partial charge is 0.387 e. The molecule has 0 saturated heterocycles. The molecule has 0 spiro atoms. The van der Waals surface area contributed by atoms with Crippen LogP contribution < -0.4 is 0 Å². The molecule has 0 aliphatic heterocycles. The average molecular weight is 350 g/mol. The zero-order valence-electron chi connectivity index (χ0n) is 16.1. The topological polar surface area (TPSA) is 23.5 Å². The Bertz CT molecular complexity index is 834. The molecule has 0 heterocycles. The zero-order valence-corrected chi connectivity index (χ0v) is 16.1. The molecule has 1 unspecified atom stereocenters. The molecular weight excluding hydrogens is 318 g/mol. The van der Waals surface area contributed by atoms with Gasteiger partial charge >= 0.3 is 0 Å². The van der Waals surface area contributed by atoms with Crippen molar-refractivity contribution < 1.29 is 5.11 Å². The first kappa shape index (κ1) is 18.9. The van der Waals surface area contributed by atoms with Crippen LogP contribution in [0, 0.1) is 0 Å². The Balaban J connectivity index is 1.89. The molecule has 0 radical (unpaired) electrons. The summed E-state index contributed by atoms with van der Waals surface area (Å²) < 4.78 is 0. The third-order valence-corrected chi connectivity index (χ3v) is 5.27. The summed E-state index contributed by atoms with van der Waals surface area (Å²) in [6, 6.07) is 19.1. The van der Waals surface area contributed by atoms with E-state index in [0.29, 0.717) is 6.54 Å². The molecule has 1 atom stereocenters. The lowest BCUT2D eigenvalue weighted by Crippen LogP contribution is -2.30. The predicted octanol–water partition coefficient (Wildman–Crippen LogP) is 5.93. The van der Waals surface area contributed by atoms with Crippen LogP contribution >= 0.6 is 0 Å². The van der Waals surface area contributed by atoms with Crippen LogP contribution in [0.2, 0.25) is 0 Å². The highest BCUT2D eigenvalue weighted by Crippen LogP contribution is 2.30. The van der Waals surface area contributed by atoms with Gasteiger partial charge in [0, 0.05) is 6.54 Å². The van der Waals surface area contributed by atoms with Crippen molar-refractivity contribution in [3.05, 3.63) is 60.2 Å². The monoisotopic (exact) mass is 349 g/mol. The van der Waals surface area contributed by atoms with Gasteiger partial charge in [-0.2, -0.15) is 0 Å². The number of fused-ring (bicyclic) bond motifs is 3. The number of rotatable bonds is 9. The second-order valence-electron chi connectivity index (χ2n) is 7.25. The summed E-state index contributed by atoms with van der Waals surface area (Å²) in [7, 11) is 0. The number of hydrogen-bond donors (Lipinski definition) is 1. The SMILES string of the molecule is CCCCN(CCCC)CC(O)c1cccc2c1ccc1ccccc12. The summed E-state index contributed by atoms with van der Waals surface area (Å²) in [6.45, 7) is 7.31. The third-order valence-electron chi connectivity index (χ3n) is 5.27. The Hall–Kier alpha value is -1.90. The fraction of sp³-hybridized carbons (Fsp3) is 0.417. The highest BCUT2D eigenvalue weighted by Gasteiger charge is 2.16. The Kier molecular flexibility index (Phi) is 6.65. The number of unbranched alkanes of at least 4 members (excludes halogenated alkanes) is 2. The Morgan fingerprint density at radius 1 is 0.769 bits per heavy atom. The normalized spacial score (nSPS) is 12.9. The maximum Gasteiger partial charge on any atom is 0.0922 e. The van der Waals surface area contributed by atoms with E-state index in [2.05, 4.69) is 73.3 Å². The van der Waals surface area contributed by atoms with Gasteiger partial charge in [-0.15, -0.1) is 0 Å². The van der Waals surface area contributed by atoms with Crippen LogP contribution in [0.15, 0.2) is 54.6 Å². The molecule has 0 fully saturated rings. The number of nitrogens with zero attached hydrogens (tertiary/aromatic N) is 1. The number of hydrogen-bond acceptors (Lipinski definition) is 2. The molecule has 0 bridgehead atoms. The minimum atomic E-state index is -0.450. The van der Waals surface area contributed by atoms with Crippen LogP contribution in [0.5, 0.6) is 0 Å². The summed E-state index contributed by atoms with van der Waals surface area (Å²) in [5, 5.41) is 15.9. The quantitative estimate of drug-likeness (QED) is 0.484. The van der Waals surface area contributed by atoms with Gasteiger partial charge in [0.2, 0.25) is 0 Å². The van der Waals surface area contributed by atoms with Crippen molar-refractivity contribution in [1.29, 1.82) is 0 Å². The molecule has 0 aromatic heterocycles. The van der Waals surface area contributed by atoms with Gasteiger partial charge in [0.1, 0.15) is 0 Å². The van der Waals surface area contributed by atoms with Crippen LogP contribution in [-0.2, 0) is 0 Å². The van der Waals surface area contributed by atoms with Crippen LogP contribution in [0.3, 0.4) is 0 Å². The van der Waals surface area contributed by atoms with Crippen molar-refractivity contribution >= 4 is 21.5 Å². The van der Waals surface area contributed by atoms with Gasteiger partial charge in [0.05, 0.1) is 6.10 Å². The molecular formula is C24H31NO. The Labute approximate surface area is 157 Å². The molecule has 0 saturated carbocycles. The van der Waals surface area contributed by atoms with E-state index in [1.165, 1.54) is 47.2 Å². The molecule has 138 valence electrons. The number of aliphatic hydroxyl groups excluding tert-OH is 1. The fourth-order valence-electron chi connectivity index (χ4n) is 3.76. The fourth-order valence-corrected chi connectivity index (χ4v) is 3.76. The van der Waals surface area contributed by atoms with Crippen molar-refractivity contribution in [1.82, 2.24) is 4.90 Å². The molecule has 0 aliphatic carbocycles. The first-order chi connectivity index (χ1) is 12.7. The van der Waals surface area contributed by atoms with E-state index >= 15 is 0 Å². The van der Waals surface area contributed by atoms with E-state index in [1.54, 1.807) is 0 Å². The van der Waals surface area contributed by atoms with Gasteiger partial charge in [-0.3, -0.25) is 0 Å². The minimum absolute atomic E-state index is 0.450. The van der Waals surface area contributed by atoms with Crippen LogP contribution in [0.1, 0.15) is 51.2 Å². The van der Waals surface area contributed by atoms with Gasteiger partial charge in [0.15, 0.2) is 0 Å². The lowest BCUT2D eigenvalue weighted by atomic mass is 9.95. The van der Waals surface area contributed by atoms with Crippen molar-refractivity contribution in [2.45, 2.75) is 45.6 Å². The van der Waals surface area contributed by atoms with E-state index in [4.69, 9.17) is 0 Å². The first-order valence-corrected chi connectivity index (χ1v) is 10.1. The third kappa shape index (κ3) is 4.25. The van der Waals surface area contributed by atoms with Crippen molar-refractivity contribution in [3.63, 3.8) is 0 Å². The second-order valence-corrected chi connectivity index (χ2v) is 7.25. The van der Waals surface area contributed by atoms with Crippen molar-refractivity contribution in [2.24, 2.45) is 0 Å². The Morgan fingerprint density at radius 3 is 2.19 bits per heavy atom. The van der Waals surface area contributed by atoms with Gasteiger partial charge in [-0.05, 0) is 53.0 Å². The summed E-state index contributed by atoms with van der Waals surface area (Å²) in [6.07, 6.45) is 4.32. The molecule has 2 nitrogen and oxygen atoms in total. The van der Waals surface area contributed by atoms with Crippen LogP contribution in [0.25, 0.3) is 21.5 Å². The number of benzene rings is 3. The van der Waals surface area contributed by atoms with Crippen LogP contribution in [0.4, 0.5) is 0 Å². The molecule has 0 amide bonds. The molecule has 26 heavy (non-hydrogen) atoms. The molecule has 1 N–H and O–H groups in total. The maximum absolute atomic E-state index is 11.0. The number of aliphatic hydroxyl groups is 1. The standard InChI is InChI=1S/C24H31NO/c1-3-5-16-25(17-6-4-2)18-24(26)23-13-9-12-21-20-11-8-7-10-19(20)14-15-22(21)23/h7-15,24,26H,3-6,16-18H2,1-2H3. The van der Waals surface area contributed by atoms with Crippen molar-refractivity contribution in [3.8, 4) is 0 Å².